The molecule has 112 valence electrons. The minimum Gasteiger partial charge on any atom is -0.493 e. The molecule has 1 N–H and O–H groups in total. The van der Waals surface area contributed by atoms with Crippen molar-refractivity contribution >= 4 is 5.91 Å². The molecule has 0 aliphatic carbocycles. The Kier molecular flexibility index (Phi) is 3.34. The zero-order chi connectivity index (χ0) is 14.2. The maximum Gasteiger partial charge on any atom is 0.224 e. The highest BCUT2D eigenvalue weighted by Crippen LogP contribution is 2.27. The minimum atomic E-state index is 0.176. The van der Waals surface area contributed by atoms with Gasteiger partial charge in [0, 0.05) is 32.1 Å². The zero-order valence-corrected chi connectivity index (χ0v) is 12.3. The van der Waals surface area contributed by atoms with Crippen LogP contribution in [0.2, 0.25) is 0 Å². The molecule has 0 spiro atoms. The molecule has 0 saturated carbocycles. The normalized spacial score (nSPS) is 28.5. The van der Waals surface area contributed by atoms with Crippen molar-refractivity contribution in [3.05, 3.63) is 29.3 Å². The molecule has 3 aliphatic heterocycles. The Morgan fingerprint density at radius 3 is 3.19 bits per heavy atom. The van der Waals surface area contributed by atoms with Crippen LogP contribution in [-0.2, 0) is 17.8 Å². The SMILES string of the molecule is O=C1N[C@H]2CCC[C@@H]1CN(Cc1ccc3c(c1)CCO3)C2. The molecule has 3 heterocycles. The van der Waals surface area contributed by atoms with Crippen LogP contribution in [0.4, 0.5) is 0 Å². The maximum atomic E-state index is 12.1. The monoisotopic (exact) mass is 286 g/mol. The first-order valence-corrected chi connectivity index (χ1v) is 8.05. The zero-order valence-electron chi connectivity index (χ0n) is 12.3. The van der Waals surface area contributed by atoms with Crippen molar-refractivity contribution in [3.8, 4) is 5.75 Å². The van der Waals surface area contributed by atoms with E-state index in [1.807, 2.05) is 0 Å². The van der Waals surface area contributed by atoms with Crippen LogP contribution in [0.15, 0.2) is 18.2 Å². The summed E-state index contributed by atoms with van der Waals surface area (Å²) in [5, 5.41) is 3.20. The smallest absolute Gasteiger partial charge is 0.224 e. The number of nitrogens with one attached hydrogen (secondary N) is 1. The van der Waals surface area contributed by atoms with Gasteiger partial charge in [-0.15, -0.1) is 0 Å². The summed E-state index contributed by atoms with van der Waals surface area (Å²) in [6.45, 7) is 3.63. The Morgan fingerprint density at radius 2 is 2.24 bits per heavy atom. The van der Waals surface area contributed by atoms with Crippen molar-refractivity contribution in [2.24, 2.45) is 5.92 Å². The number of amides is 1. The molecule has 4 heteroatoms. The van der Waals surface area contributed by atoms with Gasteiger partial charge in [-0.3, -0.25) is 9.69 Å². The molecule has 4 nitrogen and oxygen atoms in total. The molecule has 1 aromatic rings. The number of hydrogen-bond acceptors (Lipinski definition) is 3. The maximum absolute atomic E-state index is 12.1. The van der Waals surface area contributed by atoms with E-state index in [1.165, 1.54) is 17.5 Å². The Labute approximate surface area is 125 Å². The number of rotatable bonds is 2. The lowest BCUT2D eigenvalue weighted by Crippen LogP contribution is -2.38. The molecule has 0 unspecified atom stereocenters. The number of nitrogens with zero attached hydrogens (tertiary/aromatic N) is 1. The summed E-state index contributed by atoms with van der Waals surface area (Å²) in [6.07, 6.45) is 4.36. The summed E-state index contributed by atoms with van der Waals surface area (Å²) in [6, 6.07) is 6.88. The van der Waals surface area contributed by atoms with Gasteiger partial charge in [0.15, 0.2) is 0 Å². The van der Waals surface area contributed by atoms with Crippen LogP contribution in [0.25, 0.3) is 0 Å². The number of hydrogen-bond donors (Lipinski definition) is 1. The van der Waals surface area contributed by atoms with Crippen LogP contribution in [0, 0.1) is 5.92 Å². The Morgan fingerprint density at radius 1 is 1.29 bits per heavy atom. The van der Waals surface area contributed by atoms with E-state index in [0.717, 1.165) is 51.3 Å². The third kappa shape index (κ3) is 2.64. The van der Waals surface area contributed by atoms with Gasteiger partial charge in [0.2, 0.25) is 5.91 Å². The molecule has 2 bridgehead atoms. The Balaban J connectivity index is 1.50. The van der Waals surface area contributed by atoms with Crippen LogP contribution < -0.4 is 10.1 Å². The predicted molar refractivity (Wildman–Crippen MR) is 80.2 cm³/mol. The summed E-state index contributed by atoms with van der Waals surface area (Å²) in [7, 11) is 0. The number of fused-ring (bicyclic) bond motifs is 4. The van der Waals surface area contributed by atoms with E-state index in [-0.39, 0.29) is 11.8 Å². The Bertz CT molecular complexity index is 558. The van der Waals surface area contributed by atoms with Crippen molar-refractivity contribution in [1.82, 2.24) is 10.2 Å². The largest absolute Gasteiger partial charge is 0.493 e. The first kappa shape index (κ1) is 13.1. The summed E-state index contributed by atoms with van der Waals surface area (Å²) in [5.41, 5.74) is 2.67. The fourth-order valence-corrected chi connectivity index (χ4v) is 3.87. The molecular formula is C17H22N2O2. The first-order valence-electron chi connectivity index (χ1n) is 8.05. The third-order valence-corrected chi connectivity index (χ3v) is 4.94. The molecule has 0 aromatic heterocycles. The molecule has 21 heavy (non-hydrogen) atoms. The highest BCUT2D eigenvalue weighted by Gasteiger charge is 2.32. The molecule has 2 saturated heterocycles. The molecule has 3 aliphatic rings. The summed E-state index contributed by atoms with van der Waals surface area (Å²) in [5.74, 6) is 1.49. The third-order valence-electron chi connectivity index (χ3n) is 4.94. The number of benzene rings is 1. The van der Waals surface area contributed by atoms with Gasteiger partial charge >= 0.3 is 0 Å². The van der Waals surface area contributed by atoms with Gasteiger partial charge < -0.3 is 10.1 Å². The molecule has 1 amide bonds. The predicted octanol–water partition coefficient (Wildman–Crippen LogP) is 1.72. The van der Waals surface area contributed by atoms with E-state index in [9.17, 15) is 4.79 Å². The quantitative estimate of drug-likeness (QED) is 0.900. The van der Waals surface area contributed by atoms with Gasteiger partial charge in [0.05, 0.1) is 12.5 Å². The number of carbonyl (C=O) groups excluding carboxylic acids is 1. The first-order chi connectivity index (χ1) is 10.3. The van der Waals surface area contributed by atoms with Crippen molar-refractivity contribution in [1.29, 1.82) is 0 Å². The fraction of sp³-hybridized carbons (Fsp3) is 0.588. The van der Waals surface area contributed by atoms with Crippen molar-refractivity contribution in [2.75, 3.05) is 19.7 Å². The average Bonchev–Trinajstić information content (AvgIpc) is 2.77. The molecule has 0 radical (unpaired) electrons. The topological polar surface area (TPSA) is 41.6 Å². The van der Waals surface area contributed by atoms with E-state index >= 15 is 0 Å². The second-order valence-electron chi connectivity index (χ2n) is 6.57. The van der Waals surface area contributed by atoms with Crippen molar-refractivity contribution in [3.63, 3.8) is 0 Å². The van der Waals surface area contributed by atoms with Crippen LogP contribution in [0.1, 0.15) is 30.4 Å². The molecule has 1 aromatic carbocycles. The summed E-state index contributed by atoms with van der Waals surface area (Å²) >= 11 is 0. The minimum absolute atomic E-state index is 0.176. The van der Waals surface area contributed by atoms with Gasteiger partial charge in [0.25, 0.3) is 0 Å². The molecule has 4 rings (SSSR count). The van der Waals surface area contributed by atoms with Gasteiger partial charge in [-0.1, -0.05) is 18.6 Å². The van der Waals surface area contributed by atoms with Gasteiger partial charge in [-0.2, -0.15) is 0 Å². The molecular weight excluding hydrogens is 264 g/mol. The highest BCUT2D eigenvalue weighted by atomic mass is 16.5. The standard InChI is InChI=1S/C17H22N2O2/c20-17-14-2-1-3-15(18-17)11-19(10-14)9-12-4-5-16-13(8-12)6-7-21-16/h4-5,8,14-15H,1-3,6-7,9-11H2,(H,18,20)/t14-,15+/m1/s1. The Hall–Kier alpha value is -1.55. The van der Waals surface area contributed by atoms with Gasteiger partial charge in [0.1, 0.15) is 5.75 Å². The van der Waals surface area contributed by atoms with Crippen molar-refractivity contribution in [2.45, 2.75) is 38.3 Å². The van der Waals surface area contributed by atoms with E-state index in [0.29, 0.717) is 6.04 Å². The molecule has 2 atom stereocenters. The second-order valence-corrected chi connectivity index (χ2v) is 6.57. The average molecular weight is 286 g/mol. The lowest BCUT2D eigenvalue weighted by atomic mass is 9.98. The lowest BCUT2D eigenvalue weighted by molar-refractivity contribution is -0.124. The summed E-state index contributed by atoms with van der Waals surface area (Å²) < 4.78 is 5.57. The van der Waals surface area contributed by atoms with E-state index in [4.69, 9.17) is 4.74 Å². The van der Waals surface area contributed by atoms with Crippen LogP contribution >= 0.6 is 0 Å². The number of carbonyl (C=O) groups is 1. The summed E-state index contributed by atoms with van der Waals surface area (Å²) in [4.78, 5) is 14.5. The number of ether oxygens (including phenoxy) is 1. The lowest BCUT2D eigenvalue weighted by Gasteiger charge is -2.27. The van der Waals surface area contributed by atoms with Crippen LogP contribution in [0.3, 0.4) is 0 Å². The second kappa shape index (κ2) is 5.34. The van der Waals surface area contributed by atoms with E-state index in [2.05, 4.69) is 28.4 Å². The van der Waals surface area contributed by atoms with Gasteiger partial charge in [-0.05, 0) is 30.0 Å². The highest BCUT2D eigenvalue weighted by molar-refractivity contribution is 5.79. The van der Waals surface area contributed by atoms with Crippen LogP contribution in [0.5, 0.6) is 5.75 Å². The van der Waals surface area contributed by atoms with Crippen molar-refractivity contribution < 1.29 is 9.53 Å². The van der Waals surface area contributed by atoms with E-state index < -0.39 is 0 Å². The van der Waals surface area contributed by atoms with E-state index in [1.54, 1.807) is 0 Å². The molecule has 2 fully saturated rings. The van der Waals surface area contributed by atoms with Crippen LogP contribution in [-0.4, -0.2) is 36.5 Å². The number of likely N-dealkylation sites (tertiary alicyclic amines) is 1. The fourth-order valence-electron chi connectivity index (χ4n) is 3.87. The van der Waals surface area contributed by atoms with Gasteiger partial charge in [-0.25, -0.2) is 0 Å².